The average molecular weight is 262 g/mol. The fourth-order valence-corrected chi connectivity index (χ4v) is 1.18. The van der Waals surface area contributed by atoms with Crippen molar-refractivity contribution in [1.82, 2.24) is 4.98 Å². The minimum Gasteiger partial charge on any atom is -0.501 e. The number of nitro groups is 1. The van der Waals surface area contributed by atoms with Gasteiger partial charge in [-0.15, -0.1) is 0 Å². The van der Waals surface area contributed by atoms with Crippen LogP contribution in [0.4, 0.5) is 14.5 Å². The van der Waals surface area contributed by atoms with Gasteiger partial charge in [0.1, 0.15) is 11.4 Å². The van der Waals surface area contributed by atoms with E-state index >= 15 is 0 Å². The molecule has 0 radical (unpaired) electrons. The van der Waals surface area contributed by atoms with Crippen molar-refractivity contribution < 1.29 is 28.3 Å². The highest BCUT2D eigenvalue weighted by atomic mass is 19.3. The van der Waals surface area contributed by atoms with Crippen molar-refractivity contribution in [3.8, 4) is 5.75 Å². The van der Waals surface area contributed by atoms with Crippen LogP contribution in [0.1, 0.15) is 17.8 Å². The summed E-state index contributed by atoms with van der Waals surface area (Å²) in [6, 6.07) is 0.459. The Bertz CT molecular complexity index is 492. The second-order valence-electron chi connectivity index (χ2n) is 3.17. The molecule has 1 heterocycles. The lowest BCUT2D eigenvalue weighted by Gasteiger charge is -2.06. The quantitative estimate of drug-likeness (QED) is 0.499. The lowest BCUT2D eigenvalue weighted by molar-refractivity contribution is -0.386. The van der Waals surface area contributed by atoms with Gasteiger partial charge in [-0.25, -0.2) is 13.8 Å². The molecule has 0 spiro atoms. The Labute approximate surface area is 99.2 Å². The van der Waals surface area contributed by atoms with Gasteiger partial charge >= 0.3 is 11.7 Å². The van der Waals surface area contributed by atoms with E-state index in [1.54, 1.807) is 0 Å². The third kappa shape index (κ3) is 2.87. The van der Waals surface area contributed by atoms with Gasteiger partial charge in [-0.1, -0.05) is 0 Å². The first-order valence-corrected chi connectivity index (χ1v) is 4.59. The standard InChI is InChI=1S/C9H8F2N2O5/c1-18-7(14)3-4-8(15)6(13(16)17)2-5(12-4)9(10)11/h2,9,15H,3H2,1H3. The normalized spacial score (nSPS) is 10.4. The number of methoxy groups -OCH3 is 1. The summed E-state index contributed by atoms with van der Waals surface area (Å²) in [4.78, 5) is 23.8. The predicted octanol–water partition coefficient (Wildman–Crippen LogP) is 1.35. The number of aromatic hydroxyl groups is 1. The molecule has 1 rings (SSSR count). The van der Waals surface area contributed by atoms with Crippen LogP contribution >= 0.6 is 0 Å². The molecule has 0 unspecified atom stereocenters. The molecule has 0 fully saturated rings. The van der Waals surface area contributed by atoms with Crippen molar-refractivity contribution in [3.63, 3.8) is 0 Å². The molecule has 18 heavy (non-hydrogen) atoms. The molecule has 1 aromatic rings. The van der Waals surface area contributed by atoms with Crippen molar-refractivity contribution in [2.24, 2.45) is 0 Å². The van der Waals surface area contributed by atoms with Crippen molar-refractivity contribution in [1.29, 1.82) is 0 Å². The van der Waals surface area contributed by atoms with E-state index in [-0.39, 0.29) is 0 Å². The second kappa shape index (κ2) is 5.34. The smallest absolute Gasteiger partial charge is 0.314 e. The number of carbonyl (C=O) groups excluding carboxylic acids is 1. The molecule has 1 N–H and O–H groups in total. The number of rotatable bonds is 4. The van der Waals surface area contributed by atoms with Gasteiger partial charge in [0.15, 0.2) is 0 Å². The maximum absolute atomic E-state index is 12.5. The molecular weight excluding hydrogens is 254 g/mol. The first kappa shape index (κ1) is 13.7. The highest BCUT2D eigenvalue weighted by Gasteiger charge is 2.25. The van der Waals surface area contributed by atoms with E-state index in [2.05, 4.69) is 9.72 Å². The second-order valence-corrected chi connectivity index (χ2v) is 3.17. The number of carbonyl (C=O) groups is 1. The van der Waals surface area contributed by atoms with E-state index in [4.69, 9.17) is 0 Å². The van der Waals surface area contributed by atoms with Crippen LogP contribution in [0.5, 0.6) is 5.75 Å². The minimum absolute atomic E-state index is 0.459. The molecule has 0 aromatic carbocycles. The molecule has 1 aromatic heterocycles. The maximum Gasteiger partial charge on any atom is 0.314 e. The summed E-state index contributed by atoms with van der Waals surface area (Å²) in [6.07, 6.45) is -3.69. The number of ether oxygens (including phenoxy) is 1. The van der Waals surface area contributed by atoms with Gasteiger partial charge < -0.3 is 9.84 Å². The van der Waals surface area contributed by atoms with Crippen LogP contribution in [0.25, 0.3) is 0 Å². The molecule has 0 amide bonds. The molecule has 0 aliphatic carbocycles. The zero-order valence-corrected chi connectivity index (χ0v) is 9.09. The lowest BCUT2D eigenvalue weighted by Crippen LogP contribution is -2.09. The Morgan fingerprint density at radius 1 is 1.67 bits per heavy atom. The van der Waals surface area contributed by atoms with Gasteiger partial charge in [0.25, 0.3) is 6.43 Å². The predicted molar refractivity (Wildman–Crippen MR) is 53.2 cm³/mol. The third-order valence-corrected chi connectivity index (χ3v) is 2.02. The van der Waals surface area contributed by atoms with Crippen LogP contribution in [-0.2, 0) is 16.0 Å². The number of halogens is 2. The van der Waals surface area contributed by atoms with Crippen molar-refractivity contribution >= 4 is 11.7 Å². The highest BCUT2D eigenvalue weighted by Crippen LogP contribution is 2.32. The monoisotopic (exact) mass is 262 g/mol. The van der Waals surface area contributed by atoms with Gasteiger partial charge in [0.2, 0.25) is 5.75 Å². The summed E-state index contributed by atoms with van der Waals surface area (Å²) in [7, 11) is 1.05. The van der Waals surface area contributed by atoms with Crippen LogP contribution in [0, 0.1) is 10.1 Å². The molecule has 9 heteroatoms. The molecule has 0 atom stereocenters. The molecule has 0 saturated heterocycles. The summed E-state index contributed by atoms with van der Waals surface area (Å²) in [5.74, 6) is -1.78. The van der Waals surface area contributed by atoms with E-state index in [1.807, 2.05) is 0 Å². The number of hydrogen-bond acceptors (Lipinski definition) is 6. The molecule has 0 saturated carbocycles. The Kier molecular flexibility index (Phi) is 4.08. The van der Waals surface area contributed by atoms with E-state index in [0.29, 0.717) is 6.07 Å². The summed E-state index contributed by atoms with van der Waals surface area (Å²) in [5.41, 5.74) is -2.34. The number of alkyl halides is 2. The van der Waals surface area contributed by atoms with E-state index in [1.165, 1.54) is 0 Å². The number of hydrogen-bond donors (Lipinski definition) is 1. The fraction of sp³-hybridized carbons (Fsp3) is 0.333. The van der Waals surface area contributed by atoms with E-state index < -0.39 is 46.6 Å². The number of aromatic nitrogens is 1. The largest absolute Gasteiger partial charge is 0.501 e. The number of nitrogens with zero attached hydrogens (tertiary/aromatic N) is 2. The number of pyridine rings is 1. The molecule has 0 aliphatic rings. The molecule has 0 aliphatic heterocycles. The number of esters is 1. The lowest BCUT2D eigenvalue weighted by atomic mass is 10.2. The topological polar surface area (TPSA) is 103 Å². The summed E-state index contributed by atoms with van der Waals surface area (Å²) in [5, 5.41) is 20.0. The third-order valence-electron chi connectivity index (χ3n) is 2.02. The first-order valence-electron chi connectivity index (χ1n) is 4.59. The first-order chi connectivity index (χ1) is 8.36. The average Bonchev–Trinajstić information content (AvgIpc) is 2.30. The zero-order chi connectivity index (χ0) is 13.9. The minimum atomic E-state index is -3.05. The zero-order valence-electron chi connectivity index (χ0n) is 9.09. The summed E-state index contributed by atoms with van der Waals surface area (Å²) < 4.78 is 29.2. The molecular formula is C9H8F2N2O5. The van der Waals surface area contributed by atoms with Crippen molar-refractivity contribution in [2.45, 2.75) is 12.8 Å². The van der Waals surface area contributed by atoms with Gasteiger partial charge in [-0.2, -0.15) is 0 Å². The molecule has 7 nitrogen and oxygen atoms in total. The highest BCUT2D eigenvalue weighted by molar-refractivity contribution is 5.73. The van der Waals surface area contributed by atoms with Crippen molar-refractivity contribution in [3.05, 3.63) is 27.6 Å². The van der Waals surface area contributed by atoms with E-state index in [0.717, 1.165) is 7.11 Å². The Morgan fingerprint density at radius 2 is 2.28 bits per heavy atom. The Morgan fingerprint density at radius 3 is 2.72 bits per heavy atom. The molecule has 0 bridgehead atoms. The summed E-state index contributed by atoms with van der Waals surface area (Å²) in [6.45, 7) is 0. The van der Waals surface area contributed by atoms with Crippen LogP contribution in [0.3, 0.4) is 0 Å². The maximum atomic E-state index is 12.5. The van der Waals surface area contributed by atoms with Crippen molar-refractivity contribution in [2.75, 3.05) is 7.11 Å². The molecule has 98 valence electrons. The van der Waals surface area contributed by atoms with Gasteiger partial charge in [-0.3, -0.25) is 14.9 Å². The SMILES string of the molecule is COC(=O)Cc1nc(C(F)F)cc([N+](=O)[O-])c1O. The fourth-order valence-electron chi connectivity index (χ4n) is 1.18. The van der Waals surface area contributed by atoms with Gasteiger partial charge in [0, 0.05) is 6.07 Å². The van der Waals surface area contributed by atoms with Crippen LogP contribution in [-0.4, -0.2) is 28.1 Å². The summed E-state index contributed by atoms with van der Waals surface area (Å²) >= 11 is 0. The van der Waals surface area contributed by atoms with Crippen LogP contribution < -0.4 is 0 Å². The van der Waals surface area contributed by atoms with Crippen LogP contribution in [0.15, 0.2) is 6.07 Å². The van der Waals surface area contributed by atoms with Crippen LogP contribution in [0.2, 0.25) is 0 Å². The van der Waals surface area contributed by atoms with E-state index in [9.17, 15) is 28.8 Å². The Hall–Kier alpha value is -2.32. The Balaban J connectivity index is 3.31. The van der Waals surface area contributed by atoms with Gasteiger partial charge in [-0.05, 0) is 0 Å². The van der Waals surface area contributed by atoms with Gasteiger partial charge in [0.05, 0.1) is 18.5 Å².